The van der Waals surface area contributed by atoms with Crippen LogP contribution in [0.25, 0.3) is 22.2 Å². The molecule has 0 aliphatic heterocycles. The molecule has 0 saturated heterocycles. The average Bonchev–Trinajstić information content (AvgIpc) is 2.74. The van der Waals surface area contributed by atoms with Crippen molar-refractivity contribution >= 4 is 22.5 Å². The molecule has 0 bridgehead atoms. The Morgan fingerprint density at radius 2 is 1.69 bits per heavy atom. The summed E-state index contributed by atoms with van der Waals surface area (Å²) in [5, 5.41) is 3.80. The minimum atomic E-state index is -0.196. The average molecular weight is 382 g/mol. The van der Waals surface area contributed by atoms with Crippen molar-refractivity contribution in [3.63, 3.8) is 0 Å². The molecule has 4 aromatic rings. The van der Waals surface area contributed by atoms with Crippen molar-refractivity contribution in [3.05, 3.63) is 90.0 Å². The van der Waals surface area contributed by atoms with Gasteiger partial charge in [0.25, 0.3) is 5.91 Å². The van der Waals surface area contributed by atoms with Crippen LogP contribution in [0, 0.1) is 13.8 Å². The van der Waals surface area contributed by atoms with Gasteiger partial charge in [-0.25, -0.2) is 4.98 Å². The summed E-state index contributed by atoms with van der Waals surface area (Å²) in [4.78, 5) is 17.2. The first-order valence-corrected chi connectivity index (χ1v) is 9.55. The van der Waals surface area contributed by atoms with E-state index in [1.54, 1.807) is 0 Å². The molecule has 0 aliphatic rings. The van der Waals surface area contributed by atoms with E-state index in [4.69, 9.17) is 9.72 Å². The van der Waals surface area contributed by atoms with Crippen LogP contribution in [0.1, 0.15) is 11.1 Å². The fraction of sp³-hybridized carbons (Fsp3) is 0.120. The number of fused-ring (bicyclic) bond motifs is 1. The van der Waals surface area contributed by atoms with E-state index >= 15 is 0 Å². The largest absolute Gasteiger partial charge is 0.483 e. The maximum Gasteiger partial charge on any atom is 0.262 e. The highest BCUT2D eigenvalue weighted by atomic mass is 16.5. The summed E-state index contributed by atoms with van der Waals surface area (Å²) >= 11 is 0. The predicted octanol–water partition coefficient (Wildman–Crippen LogP) is 5.54. The number of pyridine rings is 1. The molecule has 3 aromatic carbocycles. The van der Waals surface area contributed by atoms with E-state index in [2.05, 4.69) is 5.32 Å². The molecule has 4 rings (SSSR count). The monoisotopic (exact) mass is 382 g/mol. The Labute approximate surface area is 170 Å². The number of nitrogens with zero attached hydrogens (tertiary/aromatic N) is 1. The number of carbonyl (C=O) groups excluding carboxylic acids is 1. The Morgan fingerprint density at radius 3 is 2.48 bits per heavy atom. The summed E-state index contributed by atoms with van der Waals surface area (Å²) in [6.45, 7) is 3.91. The molecule has 144 valence electrons. The van der Waals surface area contributed by atoms with Gasteiger partial charge in [0.1, 0.15) is 5.75 Å². The first-order valence-electron chi connectivity index (χ1n) is 9.55. The maximum atomic E-state index is 12.4. The molecule has 0 spiro atoms. The van der Waals surface area contributed by atoms with Crippen LogP contribution < -0.4 is 10.1 Å². The van der Waals surface area contributed by atoms with E-state index in [1.165, 1.54) is 0 Å². The van der Waals surface area contributed by atoms with Crippen LogP contribution in [0.3, 0.4) is 0 Å². The zero-order valence-electron chi connectivity index (χ0n) is 16.5. The van der Waals surface area contributed by atoms with Gasteiger partial charge in [-0.05, 0) is 37.6 Å². The molecule has 0 radical (unpaired) electrons. The highest BCUT2D eigenvalue weighted by molar-refractivity contribution is 5.93. The summed E-state index contributed by atoms with van der Waals surface area (Å²) in [5.41, 5.74) is 5.58. The molecule has 4 nitrogen and oxygen atoms in total. The van der Waals surface area contributed by atoms with Crippen LogP contribution in [0.5, 0.6) is 5.75 Å². The van der Waals surface area contributed by atoms with Crippen molar-refractivity contribution < 1.29 is 9.53 Å². The third kappa shape index (κ3) is 4.27. The van der Waals surface area contributed by atoms with Crippen LogP contribution in [-0.2, 0) is 4.79 Å². The molecular formula is C25H22N2O2. The second kappa shape index (κ2) is 8.15. The zero-order valence-corrected chi connectivity index (χ0v) is 16.5. The molecular weight excluding hydrogens is 360 g/mol. The fourth-order valence-electron chi connectivity index (χ4n) is 3.23. The minimum Gasteiger partial charge on any atom is -0.483 e. The molecule has 0 aliphatic carbocycles. The summed E-state index contributed by atoms with van der Waals surface area (Å²) < 4.78 is 5.96. The number of hydrogen-bond acceptors (Lipinski definition) is 3. The lowest BCUT2D eigenvalue weighted by Gasteiger charge is -2.13. The minimum absolute atomic E-state index is 0.0738. The van der Waals surface area contributed by atoms with E-state index in [9.17, 15) is 4.79 Å². The number of rotatable bonds is 5. The van der Waals surface area contributed by atoms with Gasteiger partial charge in [0.05, 0.1) is 11.2 Å². The van der Waals surface area contributed by atoms with Gasteiger partial charge in [-0.2, -0.15) is 0 Å². The Bertz CT molecular complexity index is 1170. The molecule has 1 heterocycles. The zero-order chi connectivity index (χ0) is 20.2. The van der Waals surface area contributed by atoms with Gasteiger partial charge in [0.15, 0.2) is 6.61 Å². The lowest BCUT2D eigenvalue weighted by Crippen LogP contribution is -2.20. The Morgan fingerprint density at radius 1 is 0.931 bits per heavy atom. The summed E-state index contributed by atoms with van der Waals surface area (Å²) in [5.74, 6) is 0.454. The fourth-order valence-corrected chi connectivity index (χ4v) is 3.23. The quantitative estimate of drug-likeness (QED) is 0.493. The van der Waals surface area contributed by atoms with E-state index in [0.29, 0.717) is 5.75 Å². The second-order valence-corrected chi connectivity index (χ2v) is 7.04. The highest BCUT2D eigenvalue weighted by Crippen LogP contribution is 2.30. The number of carbonyl (C=O) groups is 1. The van der Waals surface area contributed by atoms with Crippen molar-refractivity contribution in [3.8, 4) is 17.0 Å². The summed E-state index contributed by atoms with van der Waals surface area (Å²) in [6.07, 6.45) is 0. The van der Waals surface area contributed by atoms with Gasteiger partial charge in [-0.1, -0.05) is 60.2 Å². The van der Waals surface area contributed by atoms with Gasteiger partial charge in [-0.3, -0.25) is 4.79 Å². The SMILES string of the molecule is Cc1ccc2nc(-c3ccccc3)cc(OCC(=O)Nc3ccccc3C)c2c1. The van der Waals surface area contributed by atoms with Crippen LogP contribution in [0.2, 0.25) is 0 Å². The number of anilines is 1. The van der Waals surface area contributed by atoms with Crippen molar-refractivity contribution in [2.24, 2.45) is 0 Å². The molecule has 0 atom stereocenters. The van der Waals surface area contributed by atoms with Crippen LogP contribution in [0.4, 0.5) is 5.69 Å². The van der Waals surface area contributed by atoms with Crippen LogP contribution >= 0.6 is 0 Å². The summed E-state index contributed by atoms with van der Waals surface area (Å²) in [7, 11) is 0. The van der Waals surface area contributed by atoms with Gasteiger partial charge in [-0.15, -0.1) is 0 Å². The van der Waals surface area contributed by atoms with Gasteiger partial charge in [0, 0.05) is 22.7 Å². The number of ether oxygens (including phenoxy) is 1. The summed E-state index contributed by atoms with van der Waals surface area (Å²) in [6, 6.07) is 25.6. The van der Waals surface area contributed by atoms with Crippen molar-refractivity contribution in [1.29, 1.82) is 0 Å². The van der Waals surface area contributed by atoms with E-state index in [0.717, 1.165) is 39.0 Å². The predicted molar refractivity (Wildman–Crippen MR) is 117 cm³/mol. The Hall–Kier alpha value is -3.66. The number of hydrogen-bond donors (Lipinski definition) is 1. The van der Waals surface area contributed by atoms with Crippen molar-refractivity contribution in [2.75, 3.05) is 11.9 Å². The number of para-hydroxylation sites is 1. The Kier molecular flexibility index (Phi) is 5.25. The topological polar surface area (TPSA) is 51.2 Å². The number of amides is 1. The third-order valence-electron chi connectivity index (χ3n) is 4.77. The first kappa shape index (κ1) is 18.7. The lowest BCUT2D eigenvalue weighted by molar-refractivity contribution is -0.118. The Balaban J connectivity index is 1.62. The first-order chi connectivity index (χ1) is 14.1. The van der Waals surface area contributed by atoms with E-state index < -0.39 is 0 Å². The highest BCUT2D eigenvalue weighted by Gasteiger charge is 2.11. The molecule has 29 heavy (non-hydrogen) atoms. The number of nitrogens with one attached hydrogen (secondary N) is 1. The number of aryl methyl sites for hydroxylation is 2. The van der Waals surface area contributed by atoms with Crippen molar-refractivity contribution in [1.82, 2.24) is 4.98 Å². The third-order valence-corrected chi connectivity index (χ3v) is 4.77. The van der Waals surface area contributed by atoms with Crippen LogP contribution in [0.15, 0.2) is 78.9 Å². The molecule has 0 fully saturated rings. The standard InChI is InChI=1S/C25H22N2O2/c1-17-12-13-22-20(14-17)24(15-23(26-22)19-9-4-3-5-10-19)29-16-25(28)27-21-11-7-6-8-18(21)2/h3-15H,16H2,1-2H3,(H,27,28). The number of aromatic nitrogens is 1. The van der Waals surface area contributed by atoms with E-state index in [-0.39, 0.29) is 12.5 Å². The normalized spacial score (nSPS) is 10.7. The molecule has 1 amide bonds. The van der Waals surface area contributed by atoms with Crippen molar-refractivity contribution in [2.45, 2.75) is 13.8 Å². The molecule has 1 N–H and O–H groups in total. The molecule has 0 saturated carbocycles. The smallest absolute Gasteiger partial charge is 0.262 e. The molecule has 1 aromatic heterocycles. The van der Waals surface area contributed by atoms with Gasteiger partial charge in [0.2, 0.25) is 0 Å². The second-order valence-electron chi connectivity index (χ2n) is 7.04. The van der Waals surface area contributed by atoms with E-state index in [1.807, 2.05) is 92.7 Å². The number of benzene rings is 3. The van der Waals surface area contributed by atoms with Gasteiger partial charge >= 0.3 is 0 Å². The molecule has 4 heteroatoms. The molecule has 0 unspecified atom stereocenters. The lowest BCUT2D eigenvalue weighted by atomic mass is 10.1. The van der Waals surface area contributed by atoms with Crippen LogP contribution in [-0.4, -0.2) is 17.5 Å². The maximum absolute atomic E-state index is 12.4. The van der Waals surface area contributed by atoms with Gasteiger partial charge < -0.3 is 10.1 Å².